The Bertz CT molecular complexity index is 204. The first kappa shape index (κ1) is 6.79. The number of fused-ring (bicyclic) bond motifs is 1. The van der Waals surface area contributed by atoms with Crippen LogP contribution in [0.5, 0.6) is 0 Å². The molecule has 0 spiro atoms. The third-order valence-corrected chi connectivity index (χ3v) is 2.51. The molecule has 0 saturated carbocycles. The van der Waals surface area contributed by atoms with Gasteiger partial charge in [-0.05, 0) is 0 Å². The van der Waals surface area contributed by atoms with Gasteiger partial charge in [0.05, 0.1) is 11.8 Å². The summed E-state index contributed by atoms with van der Waals surface area (Å²) in [5.74, 6) is -0.199. The van der Waals surface area contributed by atoms with E-state index >= 15 is 0 Å². The number of amides is 2. The Balaban J connectivity index is 2.30. The molecule has 2 rings (SSSR count). The van der Waals surface area contributed by atoms with Gasteiger partial charge in [-0.3, -0.25) is 14.5 Å². The van der Waals surface area contributed by atoms with Gasteiger partial charge in [0.2, 0.25) is 11.8 Å². The monoisotopic (exact) mass is 154 g/mol. The van der Waals surface area contributed by atoms with Crippen LogP contribution in [0.25, 0.3) is 0 Å². The van der Waals surface area contributed by atoms with Gasteiger partial charge in [0.25, 0.3) is 0 Å². The van der Waals surface area contributed by atoms with E-state index in [1.165, 1.54) is 4.90 Å². The van der Waals surface area contributed by atoms with Gasteiger partial charge in [0.1, 0.15) is 0 Å². The van der Waals surface area contributed by atoms with Crippen molar-refractivity contribution >= 4 is 11.8 Å². The largest absolute Gasteiger partial charge is 0.315 e. The van der Waals surface area contributed by atoms with Crippen LogP contribution in [0, 0.1) is 11.8 Å². The number of likely N-dealkylation sites (tertiary alicyclic amines) is 1. The number of carbonyl (C=O) groups excluding carboxylic acids is 2. The molecule has 1 N–H and O–H groups in total. The van der Waals surface area contributed by atoms with Crippen LogP contribution in [0.3, 0.4) is 0 Å². The maximum Gasteiger partial charge on any atom is 0.234 e. The van der Waals surface area contributed by atoms with Crippen LogP contribution in [0.1, 0.15) is 0 Å². The van der Waals surface area contributed by atoms with Crippen LogP contribution in [0.2, 0.25) is 0 Å². The molecule has 0 aliphatic carbocycles. The van der Waals surface area contributed by atoms with Crippen molar-refractivity contribution in [2.45, 2.75) is 0 Å². The van der Waals surface area contributed by atoms with Gasteiger partial charge in [-0.25, -0.2) is 0 Å². The van der Waals surface area contributed by atoms with Crippen LogP contribution in [0.4, 0.5) is 0 Å². The molecule has 0 aromatic heterocycles. The fourth-order valence-electron chi connectivity index (χ4n) is 1.80. The fraction of sp³-hybridized carbons (Fsp3) is 0.714. The first-order chi connectivity index (χ1) is 5.22. The van der Waals surface area contributed by atoms with E-state index in [-0.39, 0.29) is 23.7 Å². The maximum absolute atomic E-state index is 11.3. The smallest absolute Gasteiger partial charge is 0.234 e. The van der Waals surface area contributed by atoms with Crippen molar-refractivity contribution in [3.8, 4) is 0 Å². The number of nitrogens with zero attached hydrogens (tertiary/aromatic N) is 1. The van der Waals surface area contributed by atoms with E-state index < -0.39 is 0 Å². The summed E-state index contributed by atoms with van der Waals surface area (Å²) in [5, 5.41) is 3.04. The highest BCUT2D eigenvalue weighted by Crippen LogP contribution is 2.27. The summed E-state index contributed by atoms with van der Waals surface area (Å²) in [6, 6.07) is 0. The molecule has 4 heteroatoms. The maximum atomic E-state index is 11.3. The molecular weight excluding hydrogens is 144 g/mol. The van der Waals surface area contributed by atoms with Gasteiger partial charge in [-0.15, -0.1) is 0 Å². The zero-order valence-corrected chi connectivity index (χ0v) is 6.33. The molecule has 2 fully saturated rings. The molecule has 0 aromatic carbocycles. The molecule has 60 valence electrons. The van der Waals surface area contributed by atoms with Crippen molar-refractivity contribution < 1.29 is 9.59 Å². The first-order valence-electron chi connectivity index (χ1n) is 3.74. The number of imide groups is 1. The van der Waals surface area contributed by atoms with Gasteiger partial charge in [0, 0.05) is 20.1 Å². The lowest BCUT2D eigenvalue weighted by molar-refractivity contribution is -0.138. The van der Waals surface area contributed by atoms with E-state index in [0.717, 1.165) is 0 Å². The summed E-state index contributed by atoms with van der Waals surface area (Å²) in [6.45, 7) is 1.33. The van der Waals surface area contributed by atoms with Crippen LogP contribution < -0.4 is 5.32 Å². The lowest BCUT2D eigenvalue weighted by Gasteiger charge is -2.07. The topological polar surface area (TPSA) is 49.4 Å². The van der Waals surface area contributed by atoms with Gasteiger partial charge in [0.15, 0.2) is 0 Å². The fourth-order valence-corrected chi connectivity index (χ4v) is 1.80. The van der Waals surface area contributed by atoms with E-state index in [1.807, 2.05) is 0 Å². The minimum Gasteiger partial charge on any atom is -0.315 e. The molecule has 2 aliphatic heterocycles. The molecular formula is C7H10N2O2. The van der Waals surface area contributed by atoms with Crippen molar-refractivity contribution in [1.29, 1.82) is 0 Å². The molecule has 2 amide bonds. The molecule has 4 nitrogen and oxygen atoms in total. The lowest BCUT2D eigenvalue weighted by atomic mass is 10.00. The van der Waals surface area contributed by atoms with Gasteiger partial charge in [-0.1, -0.05) is 0 Å². The van der Waals surface area contributed by atoms with Gasteiger partial charge < -0.3 is 5.32 Å². The first-order valence-corrected chi connectivity index (χ1v) is 3.74. The van der Waals surface area contributed by atoms with Crippen LogP contribution in [-0.4, -0.2) is 36.9 Å². The second-order valence-electron chi connectivity index (χ2n) is 3.11. The van der Waals surface area contributed by atoms with E-state index in [4.69, 9.17) is 0 Å². The molecule has 11 heavy (non-hydrogen) atoms. The average Bonchev–Trinajstić information content (AvgIpc) is 2.53. The van der Waals surface area contributed by atoms with Gasteiger partial charge >= 0.3 is 0 Å². The van der Waals surface area contributed by atoms with Crippen LogP contribution in [0.15, 0.2) is 0 Å². The van der Waals surface area contributed by atoms with E-state index in [1.54, 1.807) is 7.05 Å². The Kier molecular flexibility index (Phi) is 1.26. The summed E-state index contributed by atoms with van der Waals surface area (Å²) in [4.78, 5) is 23.8. The molecule has 0 bridgehead atoms. The number of rotatable bonds is 0. The molecule has 2 atom stereocenters. The molecule has 2 heterocycles. The normalized spacial score (nSPS) is 36.6. The molecule has 0 unspecified atom stereocenters. The Labute approximate surface area is 64.5 Å². The second kappa shape index (κ2) is 2.04. The Morgan fingerprint density at radius 3 is 2.18 bits per heavy atom. The Morgan fingerprint density at radius 2 is 1.73 bits per heavy atom. The number of carbonyl (C=O) groups is 2. The third kappa shape index (κ3) is 0.728. The van der Waals surface area contributed by atoms with E-state index in [9.17, 15) is 9.59 Å². The minimum atomic E-state index is -0.0764. The standard InChI is InChI=1S/C7H10N2O2/c1-9-6(10)4-2-8-3-5(4)7(9)11/h4-5,8H,2-3H2,1H3/t4-,5+. The molecule has 2 aliphatic rings. The van der Waals surface area contributed by atoms with Crippen molar-refractivity contribution in [2.75, 3.05) is 20.1 Å². The van der Waals surface area contributed by atoms with Crippen LogP contribution >= 0.6 is 0 Å². The molecule has 0 aromatic rings. The summed E-state index contributed by atoms with van der Waals surface area (Å²) in [6.07, 6.45) is 0. The highest BCUT2D eigenvalue weighted by molar-refractivity contribution is 6.05. The second-order valence-corrected chi connectivity index (χ2v) is 3.11. The summed E-state index contributed by atoms with van der Waals surface area (Å²) in [7, 11) is 1.56. The predicted molar refractivity (Wildman–Crippen MR) is 37.6 cm³/mol. The third-order valence-electron chi connectivity index (χ3n) is 2.51. The zero-order chi connectivity index (χ0) is 8.01. The Hall–Kier alpha value is -0.900. The van der Waals surface area contributed by atoms with Gasteiger partial charge in [-0.2, -0.15) is 0 Å². The number of hydrogen-bond acceptors (Lipinski definition) is 3. The highest BCUT2D eigenvalue weighted by Gasteiger charge is 2.48. The predicted octanol–water partition coefficient (Wildman–Crippen LogP) is -1.18. The molecule has 2 saturated heterocycles. The highest BCUT2D eigenvalue weighted by atomic mass is 16.2. The quantitative estimate of drug-likeness (QED) is 0.447. The summed E-state index contributed by atoms with van der Waals surface area (Å²) in [5.41, 5.74) is 0. The zero-order valence-electron chi connectivity index (χ0n) is 6.33. The SMILES string of the molecule is CN1C(=O)[C@H]2CNC[C@H]2C1=O. The minimum absolute atomic E-state index is 0.0231. The number of nitrogens with one attached hydrogen (secondary N) is 1. The van der Waals surface area contributed by atoms with Crippen molar-refractivity contribution in [3.05, 3.63) is 0 Å². The van der Waals surface area contributed by atoms with Crippen molar-refractivity contribution in [1.82, 2.24) is 10.2 Å². The van der Waals surface area contributed by atoms with Crippen molar-refractivity contribution in [3.63, 3.8) is 0 Å². The summed E-state index contributed by atoms with van der Waals surface area (Å²) < 4.78 is 0. The van der Waals surface area contributed by atoms with E-state index in [0.29, 0.717) is 13.1 Å². The Morgan fingerprint density at radius 1 is 1.27 bits per heavy atom. The summed E-state index contributed by atoms with van der Waals surface area (Å²) >= 11 is 0. The van der Waals surface area contributed by atoms with Crippen molar-refractivity contribution in [2.24, 2.45) is 11.8 Å². The molecule has 0 radical (unpaired) electrons. The average molecular weight is 154 g/mol. The van der Waals surface area contributed by atoms with Crippen LogP contribution in [-0.2, 0) is 9.59 Å². The van der Waals surface area contributed by atoms with E-state index in [2.05, 4.69) is 5.32 Å². The lowest BCUT2D eigenvalue weighted by Crippen LogP contribution is -2.30. The number of hydrogen-bond donors (Lipinski definition) is 1.